The van der Waals surface area contributed by atoms with Crippen molar-refractivity contribution in [3.05, 3.63) is 53.3 Å². The number of pyridine rings is 1. The topological polar surface area (TPSA) is 79.4 Å². The number of aromatic nitrogens is 1. The molecule has 1 aliphatic heterocycles. The predicted octanol–water partition coefficient (Wildman–Crippen LogP) is 3.08. The Bertz CT molecular complexity index is 909. The van der Waals surface area contributed by atoms with Crippen LogP contribution >= 0.6 is 11.6 Å². The summed E-state index contributed by atoms with van der Waals surface area (Å²) in [6.45, 7) is 2.49. The Morgan fingerprint density at radius 1 is 1.19 bits per heavy atom. The van der Waals surface area contributed by atoms with Crippen LogP contribution < -0.4 is 5.32 Å². The molecule has 2 heterocycles. The van der Waals surface area contributed by atoms with Gasteiger partial charge in [-0.15, -0.1) is 0 Å². The fourth-order valence-electron chi connectivity index (χ4n) is 3.01. The van der Waals surface area contributed by atoms with Crippen LogP contribution in [0.15, 0.2) is 47.5 Å². The lowest BCUT2D eigenvalue weighted by molar-refractivity contribution is -0.120. The van der Waals surface area contributed by atoms with Crippen LogP contribution in [0.1, 0.15) is 18.4 Å². The molecule has 0 atom stereocenters. The third-order valence-electron chi connectivity index (χ3n) is 4.57. The molecule has 2 aromatic rings. The molecule has 8 heteroatoms. The molecule has 1 N–H and O–H groups in total. The highest BCUT2D eigenvalue weighted by Gasteiger charge is 2.33. The van der Waals surface area contributed by atoms with E-state index in [1.165, 1.54) is 16.6 Å². The first-order valence-corrected chi connectivity index (χ1v) is 10.2. The number of anilines is 1. The average molecular weight is 394 g/mol. The van der Waals surface area contributed by atoms with Gasteiger partial charge in [-0.05, 0) is 43.5 Å². The maximum Gasteiger partial charge on any atom is 0.246 e. The fourth-order valence-corrected chi connectivity index (χ4v) is 4.91. The van der Waals surface area contributed by atoms with E-state index in [9.17, 15) is 13.2 Å². The quantitative estimate of drug-likeness (QED) is 0.809. The zero-order chi connectivity index (χ0) is 18.7. The van der Waals surface area contributed by atoms with E-state index in [4.69, 9.17) is 11.6 Å². The fraction of sp³-hybridized carbons (Fsp3) is 0.333. The number of benzene rings is 1. The molecule has 1 aromatic heterocycles. The van der Waals surface area contributed by atoms with E-state index in [1.807, 2.05) is 31.2 Å². The first kappa shape index (κ1) is 18.8. The molecule has 3 rings (SSSR count). The summed E-state index contributed by atoms with van der Waals surface area (Å²) in [5, 5.41) is 2.90. The second-order valence-electron chi connectivity index (χ2n) is 6.27. The average Bonchev–Trinajstić information content (AvgIpc) is 2.64. The van der Waals surface area contributed by atoms with Crippen LogP contribution in [0.25, 0.3) is 0 Å². The molecule has 0 spiro atoms. The van der Waals surface area contributed by atoms with E-state index in [2.05, 4.69) is 10.3 Å². The number of carbonyl (C=O) groups excluding carboxylic acids is 1. The van der Waals surface area contributed by atoms with Gasteiger partial charge in [-0.1, -0.05) is 29.8 Å². The minimum Gasteiger partial charge on any atom is -0.326 e. The molecule has 1 fully saturated rings. The van der Waals surface area contributed by atoms with E-state index < -0.39 is 10.0 Å². The van der Waals surface area contributed by atoms with Gasteiger partial charge >= 0.3 is 0 Å². The highest BCUT2D eigenvalue weighted by atomic mass is 35.5. The molecule has 0 aliphatic carbocycles. The van der Waals surface area contributed by atoms with Crippen LogP contribution in [-0.4, -0.2) is 36.7 Å². The van der Waals surface area contributed by atoms with Crippen LogP contribution in [0, 0.1) is 12.8 Å². The van der Waals surface area contributed by atoms with Crippen molar-refractivity contribution in [2.45, 2.75) is 24.7 Å². The van der Waals surface area contributed by atoms with E-state index in [-0.39, 0.29) is 35.0 Å². The first-order chi connectivity index (χ1) is 12.4. The Labute approximate surface area is 158 Å². The van der Waals surface area contributed by atoms with Crippen LogP contribution in [0.4, 0.5) is 5.69 Å². The minimum atomic E-state index is -3.70. The highest BCUT2D eigenvalue weighted by Crippen LogP contribution is 2.27. The van der Waals surface area contributed by atoms with E-state index in [0.717, 1.165) is 11.3 Å². The summed E-state index contributed by atoms with van der Waals surface area (Å²) in [7, 11) is -3.70. The third kappa shape index (κ3) is 3.90. The van der Waals surface area contributed by atoms with Crippen molar-refractivity contribution in [1.29, 1.82) is 0 Å². The summed E-state index contributed by atoms with van der Waals surface area (Å²) >= 11 is 5.93. The normalized spacial score (nSPS) is 16.4. The van der Waals surface area contributed by atoms with Crippen LogP contribution in [0.3, 0.4) is 0 Å². The number of para-hydroxylation sites is 1. The van der Waals surface area contributed by atoms with Crippen molar-refractivity contribution < 1.29 is 13.2 Å². The van der Waals surface area contributed by atoms with Crippen molar-refractivity contribution in [1.82, 2.24) is 9.29 Å². The SMILES string of the molecule is Cc1ccccc1NC(=O)C1CCN(S(=O)(=O)c2cccnc2Cl)CC1. The van der Waals surface area contributed by atoms with Gasteiger partial charge in [-0.25, -0.2) is 13.4 Å². The van der Waals surface area contributed by atoms with Gasteiger partial charge in [0, 0.05) is 30.9 Å². The van der Waals surface area contributed by atoms with Crippen LogP contribution in [0.2, 0.25) is 5.15 Å². The molecule has 6 nitrogen and oxygen atoms in total. The molecule has 1 aromatic carbocycles. The van der Waals surface area contributed by atoms with Crippen LogP contribution in [-0.2, 0) is 14.8 Å². The molecule has 1 aliphatic rings. The summed E-state index contributed by atoms with van der Waals surface area (Å²) in [6, 6.07) is 10.6. The summed E-state index contributed by atoms with van der Waals surface area (Å²) in [5.41, 5.74) is 1.78. The number of piperidine rings is 1. The molecule has 0 saturated carbocycles. The number of hydrogen-bond acceptors (Lipinski definition) is 4. The molecule has 26 heavy (non-hydrogen) atoms. The second-order valence-corrected chi connectivity index (χ2v) is 8.54. The lowest BCUT2D eigenvalue weighted by Gasteiger charge is -2.30. The van der Waals surface area contributed by atoms with Crippen LogP contribution in [0.5, 0.6) is 0 Å². The number of nitrogens with zero attached hydrogens (tertiary/aromatic N) is 2. The number of rotatable bonds is 4. The Kier molecular flexibility index (Phi) is 5.60. The number of amides is 1. The van der Waals surface area contributed by atoms with Gasteiger partial charge in [-0.2, -0.15) is 4.31 Å². The van der Waals surface area contributed by atoms with E-state index in [1.54, 1.807) is 6.07 Å². The maximum atomic E-state index is 12.7. The minimum absolute atomic E-state index is 0.00415. The summed E-state index contributed by atoms with van der Waals surface area (Å²) in [5.74, 6) is -0.291. The molecular weight excluding hydrogens is 374 g/mol. The zero-order valence-electron chi connectivity index (χ0n) is 14.4. The summed E-state index contributed by atoms with van der Waals surface area (Å²) in [6.07, 6.45) is 2.38. The molecular formula is C18H20ClN3O3S. The van der Waals surface area contributed by atoms with Gasteiger partial charge in [0.2, 0.25) is 15.9 Å². The largest absolute Gasteiger partial charge is 0.326 e. The van der Waals surface area contributed by atoms with Gasteiger partial charge in [-0.3, -0.25) is 4.79 Å². The van der Waals surface area contributed by atoms with Crippen molar-refractivity contribution >= 4 is 33.2 Å². The van der Waals surface area contributed by atoms with Gasteiger partial charge in [0.1, 0.15) is 10.0 Å². The highest BCUT2D eigenvalue weighted by molar-refractivity contribution is 7.89. The molecule has 138 valence electrons. The Morgan fingerprint density at radius 2 is 1.88 bits per heavy atom. The molecule has 1 saturated heterocycles. The Hall–Kier alpha value is -1.96. The van der Waals surface area contributed by atoms with E-state index >= 15 is 0 Å². The van der Waals surface area contributed by atoms with Crippen molar-refractivity contribution in [3.63, 3.8) is 0 Å². The predicted molar refractivity (Wildman–Crippen MR) is 101 cm³/mol. The summed E-state index contributed by atoms with van der Waals surface area (Å²) < 4.78 is 26.8. The molecule has 1 amide bonds. The van der Waals surface area contributed by atoms with Crippen molar-refractivity contribution in [3.8, 4) is 0 Å². The van der Waals surface area contributed by atoms with Gasteiger partial charge in [0.05, 0.1) is 0 Å². The number of carbonyl (C=O) groups is 1. The number of nitrogens with one attached hydrogen (secondary N) is 1. The smallest absolute Gasteiger partial charge is 0.246 e. The summed E-state index contributed by atoms with van der Waals surface area (Å²) in [4.78, 5) is 16.3. The number of aryl methyl sites for hydroxylation is 1. The number of hydrogen-bond donors (Lipinski definition) is 1. The van der Waals surface area contributed by atoms with Gasteiger partial charge in [0.15, 0.2) is 0 Å². The monoisotopic (exact) mass is 393 g/mol. The van der Waals surface area contributed by atoms with Crippen molar-refractivity contribution in [2.24, 2.45) is 5.92 Å². The number of halogens is 1. The first-order valence-electron chi connectivity index (χ1n) is 8.37. The Morgan fingerprint density at radius 3 is 2.54 bits per heavy atom. The second kappa shape index (κ2) is 7.73. The maximum absolute atomic E-state index is 12.7. The lowest BCUT2D eigenvalue weighted by atomic mass is 9.97. The molecule has 0 unspecified atom stereocenters. The van der Waals surface area contributed by atoms with Gasteiger partial charge < -0.3 is 5.32 Å². The molecule has 0 bridgehead atoms. The lowest BCUT2D eigenvalue weighted by Crippen LogP contribution is -2.41. The van der Waals surface area contributed by atoms with Gasteiger partial charge in [0.25, 0.3) is 0 Å². The van der Waals surface area contributed by atoms with Crippen molar-refractivity contribution in [2.75, 3.05) is 18.4 Å². The zero-order valence-corrected chi connectivity index (χ0v) is 15.9. The van der Waals surface area contributed by atoms with E-state index in [0.29, 0.717) is 12.8 Å². The third-order valence-corrected chi connectivity index (χ3v) is 6.91. The standard InChI is InChI=1S/C18H20ClN3O3S/c1-13-5-2-3-6-15(13)21-18(23)14-8-11-22(12-9-14)26(24,25)16-7-4-10-20-17(16)19/h2-7,10,14H,8-9,11-12H2,1H3,(H,21,23). The number of sulfonamides is 1. The Balaban J connectivity index is 1.65. The molecule has 0 radical (unpaired) electrons.